The molecule has 1 rings (SSSR count). The third kappa shape index (κ3) is 3.17. The predicted octanol–water partition coefficient (Wildman–Crippen LogP) is 3.87. The molecule has 1 aromatic carbocycles. The third-order valence-corrected chi connectivity index (χ3v) is 2.36. The van der Waals surface area contributed by atoms with Crippen molar-refractivity contribution in [1.29, 1.82) is 0 Å². The Bertz CT molecular complexity index is 266. The van der Waals surface area contributed by atoms with Crippen LogP contribution in [0.2, 0.25) is 0 Å². The molecular formula is C12H17F. The van der Waals surface area contributed by atoms with E-state index in [-0.39, 0.29) is 5.82 Å². The van der Waals surface area contributed by atoms with Crippen LogP contribution in [0.1, 0.15) is 37.3 Å². The number of halogens is 1. The summed E-state index contributed by atoms with van der Waals surface area (Å²) in [6, 6.07) is 5.04. The van der Waals surface area contributed by atoms with Crippen LogP contribution in [0.3, 0.4) is 0 Å². The first-order valence-corrected chi connectivity index (χ1v) is 4.99. The Labute approximate surface area is 79.8 Å². The van der Waals surface area contributed by atoms with Gasteiger partial charge in [-0.3, -0.25) is 0 Å². The van der Waals surface area contributed by atoms with Crippen LogP contribution in [-0.2, 0) is 6.42 Å². The maximum absolute atomic E-state index is 12.9. The van der Waals surface area contributed by atoms with Crippen LogP contribution in [0.25, 0.3) is 0 Å². The molecule has 0 radical (unpaired) electrons. The van der Waals surface area contributed by atoms with E-state index in [2.05, 4.69) is 6.92 Å². The molecule has 0 aliphatic carbocycles. The molecule has 0 N–H and O–H groups in total. The number of benzene rings is 1. The summed E-state index contributed by atoms with van der Waals surface area (Å²) in [6.45, 7) is 4.22. The summed E-state index contributed by atoms with van der Waals surface area (Å²) in [6.07, 6.45) is 4.63. The molecule has 13 heavy (non-hydrogen) atoms. The van der Waals surface area contributed by atoms with Crippen LogP contribution in [0.5, 0.6) is 0 Å². The maximum Gasteiger partial charge on any atom is 0.123 e. The van der Waals surface area contributed by atoms with Gasteiger partial charge in [0, 0.05) is 0 Å². The maximum atomic E-state index is 12.9. The molecule has 1 heteroatoms. The molecule has 0 atom stereocenters. The average molecular weight is 180 g/mol. The van der Waals surface area contributed by atoms with E-state index in [0.717, 1.165) is 12.0 Å². The SMILES string of the molecule is CCCCCc1cc(F)ccc1C. The lowest BCUT2D eigenvalue weighted by atomic mass is 10.0. The summed E-state index contributed by atoms with van der Waals surface area (Å²) in [4.78, 5) is 0. The van der Waals surface area contributed by atoms with Gasteiger partial charge in [-0.15, -0.1) is 0 Å². The lowest BCUT2D eigenvalue weighted by Crippen LogP contribution is -1.91. The Hall–Kier alpha value is -0.850. The van der Waals surface area contributed by atoms with Crippen molar-refractivity contribution in [2.45, 2.75) is 39.5 Å². The van der Waals surface area contributed by atoms with Crippen LogP contribution in [-0.4, -0.2) is 0 Å². The van der Waals surface area contributed by atoms with Crippen molar-refractivity contribution in [3.05, 3.63) is 35.1 Å². The van der Waals surface area contributed by atoms with E-state index in [1.807, 2.05) is 13.0 Å². The summed E-state index contributed by atoms with van der Waals surface area (Å²) >= 11 is 0. The molecule has 0 bridgehead atoms. The van der Waals surface area contributed by atoms with Crippen molar-refractivity contribution in [3.8, 4) is 0 Å². The van der Waals surface area contributed by atoms with Gasteiger partial charge in [0.2, 0.25) is 0 Å². The monoisotopic (exact) mass is 180 g/mol. The zero-order valence-corrected chi connectivity index (χ0v) is 8.44. The van der Waals surface area contributed by atoms with Crippen LogP contribution >= 0.6 is 0 Å². The second kappa shape index (κ2) is 5.00. The molecule has 0 aliphatic rings. The van der Waals surface area contributed by atoms with Crippen LogP contribution < -0.4 is 0 Å². The van der Waals surface area contributed by atoms with Gasteiger partial charge in [-0.2, -0.15) is 0 Å². The molecule has 0 nitrogen and oxygen atoms in total. The molecule has 1 aromatic rings. The largest absolute Gasteiger partial charge is 0.207 e. The number of rotatable bonds is 4. The smallest absolute Gasteiger partial charge is 0.123 e. The predicted molar refractivity (Wildman–Crippen MR) is 54.4 cm³/mol. The molecule has 72 valence electrons. The van der Waals surface area contributed by atoms with Gasteiger partial charge in [-0.25, -0.2) is 4.39 Å². The Balaban J connectivity index is 2.59. The van der Waals surface area contributed by atoms with E-state index in [0.29, 0.717) is 0 Å². The number of unbranched alkanes of at least 4 members (excludes halogenated alkanes) is 2. The fourth-order valence-electron chi connectivity index (χ4n) is 1.47. The topological polar surface area (TPSA) is 0 Å². The molecule has 0 heterocycles. The van der Waals surface area contributed by atoms with Crippen molar-refractivity contribution < 1.29 is 4.39 Å². The van der Waals surface area contributed by atoms with Crippen LogP contribution in [0.4, 0.5) is 4.39 Å². The van der Waals surface area contributed by atoms with Gasteiger partial charge in [-0.05, 0) is 43.0 Å². The molecule has 0 amide bonds. The standard InChI is InChI=1S/C12H17F/c1-3-4-5-6-11-9-12(13)8-7-10(11)2/h7-9H,3-6H2,1-2H3. The van der Waals surface area contributed by atoms with Gasteiger partial charge in [0.05, 0.1) is 0 Å². The average Bonchev–Trinajstić information content (AvgIpc) is 2.11. The zero-order chi connectivity index (χ0) is 9.68. The quantitative estimate of drug-likeness (QED) is 0.617. The van der Waals surface area contributed by atoms with Crippen molar-refractivity contribution in [1.82, 2.24) is 0 Å². The molecular weight excluding hydrogens is 163 g/mol. The second-order valence-electron chi connectivity index (χ2n) is 3.53. The fraction of sp³-hybridized carbons (Fsp3) is 0.500. The first-order valence-electron chi connectivity index (χ1n) is 4.99. The number of hydrogen-bond acceptors (Lipinski definition) is 0. The molecule has 0 fully saturated rings. The lowest BCUT2D eigenvalue weighted by molar-refractivity contribution is 0.622. The summed E-state index contributed by atoms with van der Waals surface area (Å²) in [7, 11) is 0. The first kappa shape index (κ1) is 10.2. The first-order chi connectivity index (χ1) is 6.24. The minimum atomic E-state index is -0.114. The van der Waals surface area contributed by atoms with Crippen molar-refractivity contribution in [2.24, 2.45) is 0 Å². The van der Waals surface area contributed by atoms with Crippen LogP contribution in [0.15, 0.2) is 18.2 Å². The van der Waals surface area contributed by atoms with E-state index >= 15 is 0 Å². The minimum absolute atomic E-state index is 0.114. The van der Waals surface area contributed by atoms with Gasteiger partial charge >= 0.3 is 0 Å². The molecule has 0 spiro atoms. The van der Waals surface area contributed by atoms with E-state index in [1.165, 1.54) is 30.9 Å². The van der Waals surface area contributed by atoms with Gasteiger partial charge in [0.25, 0.3) is 0 Å². The lowest BCUT2D eigenvalue weighted by Gasteiger charge is -2.04. The summed E-state index contributed by atoms with van der Waals surface area (Å²) in [5.74, 6) is -0.114. The summed E-state index contributed by atoms with van der Waals surface area (Å²) in [5, 5.41) is 0. The highest BCUT2D eigenvalue weighted by molar-refractivity contribution is 5.26. The molecule has 0 unspecified atom stereocenters. The number of hydrogen-bond donors (Lipinski definition) is 0. The van der Waals surface area contributed by atoms with E-state index < -0.39 is 0 Å². The third-order valence-electron chi connectivity index (χ3n) is 2.36. The normalized spacial score (nSPS) is 10.4. The highest BCUT2D eigenvalue weighted by atomic mass is 19.1. The highest BCUT2D eigenvalue weighted by Gasteiger charge is 1.99. The summed E-state index contributed by atoms with van der Waals surface area (Å²) in [5.41, 5.74) is 2.37. The summed E-state index contributed by atoms with van der Waals surface area (Å²) < 4.78 is 12.9. The van der Waals surface area contributed by atoms with Gasteiger partial charge in [0.15, 0.2) is 0 Å². The van der Waals surface area contributed by atoms with Gasteiger partial charge in [-0.1, -0.05) is 25.8 Å². The van der Waals surface area contributed by atoms with Crippen molar-refractivity contribution >= 4 is 0 Å². The molecule has 0 saturated carbocycles. The Morgan fingerprint density at radius 1 is 1.23 bits per heavy atom. The molecule has 0 aromatic heterocycles. The van der Waals surface area contributed by atoms with Gasteiger partial charge in [0.1, 0.15) is 5.82 Å². The Morgan fingerprint density at radius 2 is 2.00 bits per heavy atom. The Morgan fingerprint density at radius 3 is 2.69 bits per heavy atom. The van der Waals surface area contributed by atoms with Crippen LogP contribution in [0, 0.1) is 12.7 Å². The second-order valence-corrected chi connectivity index (χ2v) is 3.53. The Kier molecular flexibility index (Phi) is 3.94. The van der Waals surface area contributed by atoms with E-state index in [9.17, 15) is 4.39 Å². The molecule has 0 saturated heterocycles. The molecule has 0 aliphatic heterocycles. The zero-order valence-electron chi connectivity index (χ0n) is 8.44. The van der Waals surface area contributed by atoms with E-state index in [1.54, 1.807) is 6.07 Å². The van der Waals surface area contributed by atoms with Crippen molar-refractivity contribution in [2.75, 3.05) is 0 Å². The van der Waals surface area contributed by atoms with Crippen molar-refractivity contribution in [3.63, 3.8) is 0 Å². The van der Waals surface area contributed by atoms with E-state index in [4.69, 9.17) is 0 Å². The highest BCUT2D eigenvalue weighted by Crippen LogP contribution is 2.13. The fourth-order valence-corrected chi connectivity index (χ4v) is 1.47. The minimum Gasteiger partial charge on any atom is -0.207 e. The number of aryl methyl sites for hydroxylation is 2. The van der Waals surface area contributed by atoms with Gasteiger partial charge < -0.3 is 0 Å².